The van der Waals surface area contributed by atoms with Crippen LogP contribution in [-0.4, -0.2) is 42.5 Å². The van der Waals surface area contributed by atoms with E-state index < -0.39 is 0 Å². The predicted molar refractivity (Wildman–Crippen MR) is 122 cm³/mol. The molecule has 0 radical (unpaired) electrons. The Kier molecular flexibility index (Phi) is 8.12. The molecule has 0 bridgehead atoms. The van der Waals surface area contributed by atoms with Crippen molar-refractivity contribution >= 4 is 17.7 Å². The van der Waals surface area contributed by atoms with Crippen LogP contribution in [0.15, 0.2) is 17.3 Å². The Hall–Kier alpha value is -2.35. The number of aromatic nitrogens is 2. The molecule has 0 aliphatic heterocycles. The molecule has 8 heteroatoms. The maximum Gasteiger partial charge on any atom is 0.230 e. The van der Waals surface area contributed by atoms with E-state index in [4.69, 9.17) is 19.2 Å². The van der Waals surface area contributed by atoms with Crippen LogP contribution >= 0.6 is 11.8 Å². The zero-order chi connectivity index (χ0) is 22.4. The number of nitrogens with zero attached hydrogens (tertiary/aromatic N) is 2. The van der Waals surface area contributed by atoms with E-state index >= 15 is 0 Å². The van der Waals surface area contributed by atoms with Gasteiger partial charge >= 0.3 is 0 Å². The van der Waals surface area contributed by atoms with Gasteiger partial charge in [-0.25, -0.2) is 4.98 Å². The van der Waals surface area contributed by atoms with E-state index in [1.807, 2.05) is 19.1 Å². The first-order valence-electron chi connectivity index (χ1n) is 10.7. The van der Waals surface area contributed by atoms with Gasteiger partial charge in [0.25, 0.3) is 0 Å². The van der Waals surface area contributed by atoms with Gasteiger partial charge in [-0.1, -0.05) is 31.0 Å². The van der Waals surface area contributed by atoms with Crippen molar-refractivity contribution in [1.82, 2.24) is 14.9 Å². The third-order valence-electron chi connectivity index (χ3n) is 5.84. The molecule has 1 N–H and O–H groups in total. The number of imidazole rings is 1. The quantitative estimate of drug-likeness (QED) is 0.573. The van der Waals surface area contributed by atoms with Crippen molar-refractivity contribution in [2.45, 2.75) is 63.7 Å². The van der Waals surface area contributed by atoms with Gasteiger partial charge in [0.05, 0.1) is 32.8 Å². The molecule has 0 saturated heterocycles. The summed E-state index contributed by atoms with van der Waals surface area (Å²) in [5, 5.41) is 3.93. The van der Waals surface area contributed by atoms with Crippen LogP contribution in [0.25, 0.3) is 0 Å². The number of methoxy groups -OCH3 is 3. The molecule has 0 atom stereocenters. The highest BCUT2D eigenvalue weighted by atomic mass is 32.2. The number of hydrogen-bond acceptors (Lipinski definition) is 6. The number of amides is 1. The van der Waals surface area contributed by atoms with E-state index in [0.717, 1.165) is 16.4 Å². The Morgan fingerprint density at radius 3 is 2.32 bits per heavy atom. The Bertz CT molecular complexity index is 881. The monoisotopic (exact) mass is 447 g/mol. The molecule has 31 heavy (non-hydrogen) atoms. The molecule has 170 valence electrons. The smallest absolute Gasteiger partial charge is 0.230 e. The maximum absolute atomic E-state index is 12.5. The lowest BCUT2D eigenvalue weighted by molar-refractivity contribution is -0.118. The van der Waals surface area contributed by atoms with Crippen LogP contribution in [0.4, 0.5) is 0 Å². The second-order valence-electron chi connectivity index (χ2n) is 7.83. The fourth-order valence-corrected chi connectivity index (χ4v) is 5.08. The lowest BCUT2D eigenvalue weighted by atomic mass is 9.95. The highest BCUT2D eigenvalue weighted by molar-refractivity contribution is 7.99. The highest BCUT2D eigenvalue weighted by Gasteiger charge is 2.22. The number of rotatable bonds is 9. The van der Waals surface area contributed by atoms with Crippen molar-refractivity contribution < 1.29 is 19.0 Å². The molecule has 2 aromatic rings. The normalized spacial score (nSPS) is 14.4. The molecule has 0 spiro atoms. The molecular formula is C23H33N3O4S. The third-order valence-corrected chi connectivity index (χ3v) is 6.79. The fraction of sp³-hybridized carbons (Fsp3) is 0.565. The third kappa shape index (κ3) is 5.47. The molecule has 3 rings (SSSR count). The summed E-state index contributed by atoms with van der Waals surface area (Å²) in [5.41, 5.74) is 3.14. The average molecular weight is 448 g/mol. The first kappa shape index (κ1) is 23.3. The van der Waals surface area contributed by atoms with Crippen LogP contribution in [0.5, 0.6) is 17.2 Å². The molecule has 1 aromatic heterocycles. The Balaban J connectivity index is 1.62. The van der Waals surface area contributed by atoms with Crippen molar-refractivity contribution in [1.29, 1.82) is 0 Å². The van der Waals surface area contributed by atoms with Gasteiger partial charge in [0.2, 0.25) is 11.7 Å². The molecule has 1 aliphatic carbocycles. The van der Waals surface area contributed by atoms with Crippen molar-refractivity contribution in [2.75, 3.05) is 27.1 Å². The van der Waals surface area contributed by atoms with E-state index in [2.05, 4.69) is 16.8 Å². The minimum Gasteiger partial charge on any atom is -0.493 e. The number of benzene rings is 1. The topological polar surface area (TPSA) is 74.6 Å². The van der Waals surface area contributed by atoms with E-state index in [0.29, 0.717) is 35.6 Å². The number of aryl methyl sites for hydroxylation is 1. The minimum atomic E-state index is -0.0350. The number of nitrogens with one attached hydrogen (secondary N) is 1. The van der Waals surface area contributed by atoms with Gasteiger partial charge in [0.15, 0.2) is 16.7 Å². The lowest BCUT2D eigenvalue weighted by Crippen LogP contribution is -2.25. The summed E-state index contributed by atoms with van der Waals surface area (Å²) in [6.07, 6.45) is 6.23. The summed E-state index contributed by atoms with van der Waals surface area (Å²) in [4.78, 5) is 17.3. The summed E-state index contributed by atoms with van der Waals surface area (Å²) >= 11 is 1.51. The second kappa shape index (κ2) is 10.8. The highest BCUT2D eigenvalue weighted by Crippen LogP contribution is 2.38. The van der Waals surface area contributed by atoms with Crippen molar-refractivity contribution in [3.8, 4) is 17.2 Å². The van der Waals surface area contributed by atoms with E-state index in [1.165, 1.54) is 49.6 Å². The Morgan fingerprint density at radius 1 is 1.10 bits per heavy atom. The van der Waals surface area contributed by atoms with Gasteiger partial charge in [0, 0.05) is 18.3 Å². The minimum absolute atomic E-state index is 0.0350. The Labute approximate surface area is 188 Å². The standard InChI is InChI=1S/C23H33N3O4S/c1-15-16(2)26(18-9-7-6-8-10-18)23(25-15)31-14-21(27)24-13-17-11-19(28-3)22(30-5)20(12-17)29-4/h11-12,18H,6-10,13-14H2,1-5H3,(H,24,27). The first-order valence-corrected chi connectivity index (χ1v) is 11.7. The summed E-state index contributed by atoms with van der Waals surface area (Å²) < 4.78 is 18.5. The molecular weight excluding hydrogens is 414 g/mol. The van der Waals surface area contributed by atoms with Crippen molar-refractivity contribution in [3.63, 3.8) is 0 Å². The van der Waals surface area contributed by atoms with E-state index in [1.54, 1.807) is 21.3 Å². The van der Waals surface area contributed by atoms with Gasteiger partial charge in [0.1, 0.15) is 0 Å². The van der Waals surface area contributed by atoms with Crippen LogP contribution in [0.3, 0.4) is 0 Å². The van der Waals surface area contributed by atoms with Gasteiger partial charge in [-0.2, -0.15) is 0 Å². The van der Waals surface area contributed by atoms with E-state index in [-0.39, 0.29) is 5.91 Å². The summed E-state index contributed by atoms with van der Waals surface area (Å²) in [7, 11) is 4.73. The largest absolute Gasteiger partial charge is 0.493 e. The predicted octanol–water partition coefficient (Wildman–Crippen LogP) is 4.44. The summed E-state index contributed by atoms with van der Waals surface area (Å²) in [5.74, 6) is 1.97. The van der Waals surface area contributed by atoms with Gasteiger partial charge in [-0.15, -0.1) is 0 Å². The Morgan fingerprint density at radius 2 is 1.74 bits per heavy atom. The van der Waals surface area contributed by atoms with Crippen LogP contribution in [-0.2, 0) is 11.3 Å². The number of thioether (sulfide) groups is 1. The van der Waals surface area contributed by atoms with Gasteiger partial charge in [-0.3, -0.25) is 4.79 Å². The number of ether oxygens (including phenoxy) is 3. The molecule has 1 aromatic carbocycles. The van der Waals surface area contributed by atoms with Crippen molar-refractivity contribution in [3.05, 3.63) is 29.1 Å². The molecule has 1 fully saturated rings. The SMILES string of the molecule is COc1cc(CNC(=O)CSc2nc(C)c(C)n2C2CCCCC2)cc(OC)c1OC. The maximum atomic E-state index is 12.5. The first-order chi connectivity index (χ1) is 15.0. The molecule has 0 unspecified atom stereocenters. The summed E-state index contributed by atoms with van der Waals surface area (Å²) in [6.45, 7) is 4.56. The molecule has 7 nitrogen and oxygen atoms in total. The lowest BCUT2D eigenvalue weighted by Gasteiger charge is -2.26. The van der Waals surface area contributed by atoms with Gasteiger partial charge < -0.3 is 24.1 Å². The van der Waals surface area contributed by atoms with Crippen LogP contribution in [0.2, 0.25) is 0 Å². The van der Waals surface area contributed by atoms with Crippen LogP contribution in [0.1, 0.15) is 55.1 Å². The average Bonchev–Trinajstić information content (AvgIpc) is 3.09. The molecule has 1 heterocycles. The number of carbonyl (C=O) groups is 1. The van der Waals surface area contributed by atoms with Crippen LogP contribution in [0, 0.1) is 13.8 Å². The number of hydrogen-bond donors (Lipinski definition) is 1. The molecule has 1 amide bonds. The number of carbonyl (C=O) groups excluding carboxylic acids is 1. The van der Waals surface area contributed by atoms with E-state index in [9.17, 15) is 4.79 Å². The van der Waals surface area contributed by atoms with Crippen molar-refractivity contribution in [2.24, 2.45) is 0 Å². The second-order valence-corrected chi connectivity index (χ2v) is 8.77. The molecule has 1 saturated carbocycles. The summed E-state index contributed by atoms with van der Waals surface area (Å²) in [6, 6.07) is 4.19. The molecule has 1 aliphatic rings. The van der Waals surface area contributed by atoms with Crippen LogP contribution < -0.4 is 19.5 Å². The fourth-order valence-electron chi connectivity index (χ4n) is 4.09. The zero-order valence-electron chi connectivity index (χ0n) is 19.1. The van der Waals surface area contributed by atoms with Gasteiger partial charge in [-0.05, 0) is 44.4 Å². The zero-order valence-corrected chi connectivity index (χ0v) is 19.9.